The largest absolute Gasteiger partial charge is 0.497 e. The fourth-order valence-corrected chi connectivity index (χ4v) is 5.75. The number of nitrogens with two attached hydrogens (primary N) is 1. The molecule has 0 aliphatic carbocycles. The van der Waals surface area contributed by atoms with E-state index in [4.69, 9.17) is 29.4 Å². The van der Waals surface area contributed by atoms with Crippen molar-refractivity contribution < 1.29 is 23.7 Å². The van der Waals surface area contributed by atoms with Crippen LogP contribution in [0.4, 0.5) is 5.82 Å². The Morgan fingerprint density at radius 2 is 1.64 bits per heavy atom. The van der Waals surface area contributed by atoms with Crippen LogP contribution in [0.15, 0.2) is 61.2 Å². The molecule has 1 saturated heterocycles. The maximum atomic E-state index is 6.54. The molecule has 4 heterocycles. The van der Waals surface area contributed by atoms with Crippen molar-refractivity contribution in [2.75, 3.05) is 26.6 Å². The van der Waals surface area contributed by atoms with Crippen LogP contribution in [0.2, 0.25) is 0 Å². The van der Waals surface area contributed by atoms with Gasteiger partial charge in [0.05, 0.1) is 51.2 Å². The summed E-state index contributed by atoms with van der Waals surface area (Å²) in [5, 5.41) is 0. The number of ether oxygens (including phenoxy) is 5. The molecule has 0 bridgehead atoms. The van der Waals surface area contributed by atoms with Gasteiger partial charge in [-0.15, -0.1) is 11.3 Å². The average Bonchev–Trinajstić information content (AvgIpc) is 3.67. The number of hydrogen-bond acceptors (Lipinski definition) is 10. The third kappa shape index (κ3) is 5.26. The molecule has 2 N–H and O–H groups in total. The van der Waals surface area contributed by atoms with E-state index in [-0.39, 0.29) is 18.4 Å². The lowest BCUT2D eigenvalue weighted by Crippen LogP contribution is -2.29. The van der Waals surface area contributed by atoms with Gasteiger partial charge in [0.15, 0.2) is 0 Å². The van der Waals surface area contributed by atoms with Crippen molar-refractivity contribution in [1.29, 1.82) is 0 Å². The van der Waals surface area contributed by atoms with Gasteiger partial charge in [-0.05, 0) is 35.4 Å². The first-order valence-corrected chi connectivity index (χ1v) is 13.4. The molecule has 1 aliphatic rings. The van der Waals surface area contributed by atoms with E-state index in [0.29, 0.717) is 32.1 Å². The van der Waals surface area contributed by atoms with Gasteiger partial charge < -0.3 is 34.0 Å². The quantitative estimate of drug-likeness (QED) is 0.265. The van der Waals surface area contributed by atoms with Crippen molar-refractivity contribution in [3.05, 3.63) is 72.3 Å². The van der Waals surface area contributed by atoms with E-state index in [9.17, 15) is 0 Å². The molecular weight excluding hydrogens is 518 g/mol. The van der Waals surface area contributed by atoms with Crippen molar-refractivity contribution in [2.24, 2.45) is 0 Å². The Balaban J connectivity index is 1.20. The topological polar surface area (TPSA) is 116 Å². The fraction of sp³-hybridized carbons (Fsp3) is 0.321. The lowest BCUT2D eigenvalue weighted by atomic mass is 10.1. The molecule has 0 spiro atoms. The highest BCUT2D eigenvalue weighted by molar-refractivity contribution is 7.25. The summed E-state index contributed by atoms with van der Waals surface area (Å²) in [6.45, 7) is 1.29. The summed E-state index contributed by atoms with van der Waals surface area (Å²) in [5.74, 6) is 2.07. The Bertz CT molecular complexity index is 1550. The van der Waals surface area contributed by atoms with Gasteiger partial charge in [-0.1, -0.05) is 24.3 Å². The van der Waals surface area contributed by atoms with Crippen molar-refractivity contribution in [1.82, 2.24) is 19.5 Å². The van der Waals surface area contributed by atoms with E-state index in [1.165, 1.54) is 17.7 Å². The van der Waals surface area contributed by atoms with Crippen LogP contribution < -0.4 is 15.2 Å². The summed E-state index contributed by atoms with van der Waals surface area (Å²) in [4.78, 5) is 14.1. The molecule has 3 atom stereocenters. The van der Waals surface area contributed by atoms with Crippen LogP contribution in [0.25, 0.3) is 20.6 Å². The Kier molecular flexibility index (Phi) is 7.29. The van der Waals surface area contributed by atoms with Gasteiger partial charge in [-0.3, -0.25) is 0 Å². The van der Waals surface area contributed by atoms with Gasteiger partial charge in [0.2, 0.25) is 0 Å². The average molecular weight is 548 g/mol. The van der Waals surface area contributed by atoms with Crippen molar-refractivity contribution >= 4 is 37.7 Å². The summed E-state index contributed by atoms with van der Waals surface area (Å²) in [5.41, 5.74) is 9.88. The van der Waals surface area contributed by atoms with E-state index < -0.39 is 0 Å². The number of imidazole rings is 1. The molecule has 0 radical (unpaired) electrons. The molecule has 1 aliphatic heterocycles. The lowest BCUT2D eigenvalue weighted by Gasteiger charge is -2.19. The summed E-state index contributed by atoms with van der Waals surface area (Å²) in [6.07, 6.45) is 3.16. The van der Waals surface area contributed by atoms with Gasteiger partial charge in [0, 0.05) is 6.42 Å². The van der Waals surface area contributed by atoms with Crippen LogP contribution in [0.5, 0.6) is 11.5 Å². The minimum Gasteiger partial charge on any atom is -0.497 e. The van der Waals surface area contributed by atoms with Crippen LogP contribution >= 0.6 is 11.3 Å². The molecule has 6 rings (SSSR count). The summed E-state index contributed by atoms with van der Waals surface area (Å²) < 4.78 is 32.4. The zero-order valence-corrected chi connectivity index (χ0v) is 22.5. The molecule has 39 heavy (non-hydrogen) atoms. The zero-order chi connectivity index (χ0) is 26.8. The van der Waals surface area contributed by atoms with Crippen LogP contribution in [-0.4, -0.2) is 52.6 Å². The van der Waals surface area contributed by atoms with Crippen LogP contribution in [0, 0.1) is 0 Å². The molecule has 3 aromatic heterocycles. The van der Waals surface area contributed by atoms with Crippen LogP contribution in [-0.2, 0) is 27.4 Å². The minimum absolute atomic E-state index is 0.185. The maximum Gasteiger partial charge on any atom is 0.145 e. The number of hydrogen-bond donors (Lipinski definition) is 1. The molecule has 202 valence electrons. The summed E-state index contributed by atoms with van der Waals surface area (Å²) in [6, 6.07) is 15.7. The second-order valence-electron chi connectivity index (χ2n) is 9.27. The lowest BCUT2D eigenvalue weighted by molar-refractivity contribution is -0.0817. The molecule has 1 fully saturated rings. The molecule has 10 nitrogen and oxygen atoms in total. The number of methoxy groups -OCH3 is 2. The van der Waals surface area contributed by atoms with Crippen molar-refractivity contribution in [3.8, 4) is 11.5 Å². The van der Waals surface area contributed by atoms with Gasteiger partial charge >= 0.3 is 0 Å². The molecular formula is C28H29N5O5S. The summed E-state index contributed by atoms with van der Waals surface area (Å²) in [7, 11) is 3.31. The first-order valence-electron chi connectivity index (χ1n) is 12.6. The fourth-order valence-electron chi connectivity index (χ4n) is 4.75. The van der Waals surface area contributed by atoms with E-state index in [2.05, 4.69) is 15.0 Å². The highest BCUT2D eigenvalue weighted by atomic mass is 32.1. The minimum atomic E-state index is -0.292. The molecule has 2 aromatic carbocycles. The highest BCUT2D eigenvalue weighted by Gasteiger charge is 2.38. The van der Waals surface area contributed by atoms with Crippen LogP contribution in [0.1, 0.15) is 23.8 Å². The zero-order valence-electron chi connectivity index (χ0n) is 21.6. The standard InChI is InChI=1S/C28H29N5O5S/c1-34-19-7-3-17(4-8-19)12-36-14-22-21(37-13-18-5-9-20(35-2)10-6-18)11-23(38-22)33-16-32-28-25(33)24-26(39-28)27(29)31-15-30-24/h3-10,15-16,21-23H,11-14H2,1-2H3,(H2,29,30,31)/t21-,22-,23-/m1/s1. The molecule has 0 saturated carbocycles. The van der Waals surface area contributed by atoms with Crippen LogP contribution in [0.3, 0.4) is 0 Å². The Morgan fingerprint density at radius 1 is 0.949 bits per heavy atom. The van der Waals surface area contributed by atoms with Crippen molar-refractivity contribution in [3.63, 3.8) is 0 Å². The second-order valence-corrected chi connectivity index (χ2v) is 10.3. The Hall–Kier alpha value is -3.77. The number of nitrogen functional groups attached to an aromatic ring is 1. The number of thiophene rings is 1. The van der Waals surface area contributed by atoms with E-state index in [1.807, 2.05) is 53.1 Å². The van der Waals surface area contributed by atoms with E-state index in [1.54, 1.807) is 20.5 Å². The van der Waals surface area contributed by atoms with E-state index in [0.717, 1.165) is 43.2 Å². The number of anilines is 1. The van der Waals surface area contributed by atoms with Gasteiger partial charge in [0.25, 0.3) is 0 Å². The molecule has 5 aromatic rings. The predicted molar refractivity (Wildman–Crippen MR) is 148 cm³/mol. The number of nitrogens with zero attached hydrogens (tertiary/aromatic N) is 4. The third-order valence-electron chi connectivity index (χ3n) is 6.84. The van der Waals surface area contributed by atoms with E-state index >= 15 is 0 Å². The van der Waals surface area contributed by atoms with Crippen molar-refractivity contribution in [2.45, 2.75) is 38.1 Å². The molecule has 0 amide bonds. The number of rotatable bonds is 10. The predicted octanol–water partition coefficient (Wildman–Crippen LogP) is 4.73. The third-order valence-corrected chi connectivity index (χ3v) is 7.94. The first-order chi connectivity index (χ1) is 19.1. The highest BCUT2D eigenvalue weighted by Crippen LogP contribution is 2.39. The Labute approximate surface area is 229 Å². The number of benzene rings is 2. The maximum absolute atomic E-state index is 6.54. The normalized spacial score (nSPS) is 19.2. The summed E-state index contributed by atoms with van der Waals surface area (Å²) >= 11 is 1.48. The first kappa shape index (κ1) is 25.5. The van der Waals surface area contributed by atoms with Gasteiger partial charge in [-0.2, -0.15) is 0 Å². The van der Waals surface area contributed by atoms with Gasteiger partial charge in [-0.25, -0.2) is 15.0 Å². The monoisotopic (exact) mass is 547 g/mol. The smallest absolute Gasteiger partial charge is 0.145 e. The molecule has 11 heteroatoms. The SMILES string of the molecule is COc1ccc(COC[C@H]2O[C@@H](n3cnc4sc5c(N)ncnc5c43)C[C@H]2OCc2ccc(OC)cc2)cc1. The number of aromatic nitrogens is 4. The second kappa shape index (κ2) is 11.1. The molecule has 0 unspecified atom stereocenters. The number of fused-ring (bicyclic) bond motifs is 3. The Morgan fingerprint density at radius 3 is 2.33 bits per heavy atom. The van der Waals surface area contributed by atoms with Gasteiger partial charge in [0.1, 0.15) is 51.8 Å².